The summed E-state index contributed by atoms with van der Waals surface area (Å²) in [6.45, 7) is 7.33. The Bertz CT molecular complexity index is 1780. The molecule has 0 radical (unpaired) electrons. The lowest BCUT2D eigenvalue weighted by Gasteiger charge is -2.17. The fraction of sp³-hybridized carbons (Fsp3) is 0.267. The van der Waals surface area contributed by atoms with E-state index in [1.165, 1.54) is 32.4 Å². The van der Waals surface area contributed by atoms with Crippen LogP contribution in [0.5, 0.6) is 11.5 Å². The minimum absolute atomic E-state index is 0.119. The van der Waals surface area contributed by atoms with Crippen LogP contribution in [0.15, 0.2) is 58.4 Å². The largest absolute Gasteiger partial charge is 0.496 e. The summed E-state index contributed by atoms with van der Waals surface area (Å²) in [5.74, 6) is 0.0987. The molecule has 0 amide bonds. The van der Waals surface area contributed by atoms with Gasteiger partial charge in [-0.05, 0) is 61.2 Å². The number of ether oxygens (including phenoxy) is 3. The van der Waals surface area contributed by atoms with E-state index >= 15 is 0 Å². The number of carbonyl (C=O) groups is 1. The van der Waals surface area contributed by atoms with E-state index in [4.69, 9.17) is 26.1 Å². The van der Waals surface area contributed by atoms with Crippen LogP contribution < -0.4 is 15.0 Å². The molecule has 0 spiro atoms. The van der Waals surface area contributed by atoms with E-state index in [9.17, 15) is 19.7 Å². The van der Waals surface area contributed by atoms with Crippen LogP contribution in [0.3, 0.4) is 0 Å². The van der Waals surface area contributed by atoms with Gasteiger partial charge in [-0.3, -0.25) is 14.9 Å². The van der Waals surface area contributed by atoms with Crippen molar-refractivity contribution < 1.29 is 23.9 Å². The first-order valence-corrected chi connectivity index (χ1v) is 13.3. The summed E-state index contributed by atoms with van der Waals surface area (Å²) in [7, 11) is 2.78. The Morgan fingerprint density at radius 1 is 1.14 bits per heavy atom. The Morgan fingerprint density at radius 2 is 1.86 bits per heavy atom. The number of aryl methyl sites for hydroxylation is 1. The zero-order chi connectivity index (χ0) is 30.7. The van der Waals surface area contributed by atoms with Gasteiger partial charge in [0.2, 0.25) is 5.75 Å². The lowest BCUT2D eigenvalue weighted by Crippen LogP contribution is -2.25. The second kappa shape index (κ2) is 12.4. The van der Waals surface area contributed by atoms with Gasteiger partial charge >= 0.3 is 11.7 Å². The predicted molar refractivity (Wildman–Crippen MR) is 160 cm³/mol. The lowest BCUT2D eigenvalue weighted by molar-refractivity contribution is -0.386. The monoisotopic (exact) mass is 592 g/mol. The Morgan fingerprint density at radius 3 is 2.50 bits per heavy atom. The van der Waals surface area contributed by atoms with Crippen LogP contribution in [0, 0.1) is 17.0 Å². The second-order valence-corrected chi connectivity index (χ2v) is 10.2. The number of hydrogen-bond acceptors (Lipinski definition) is 9. The van der Waals surface area contributed by atoms with Gasteiger partial charge in [0, 0.05) is 17.2 Å². The molecule has 1 heterocycles. The quantitative estimate of drug-likeness (QED) is 0.102. The van der Waals surface area contributed by atoms with Crippen molar-refractivity contribution in [1.29, 1.82) is 0 Å². The number of hydrogen-bond donors (Lipinski definition) is 0. The summed E-state index contributed by atoms with van der Waals surface area (Å²) in [5, 5.41) is 16.5. The normalized spacial score (nSPS) is 12.1. The molecule has 3 aromatic carbocycles. The number of esters is 1. The van der Waals surface area contributed by atoms with Gasteiger partial charge in [0.1, 0.15) is 5.75 Å². The van der Waals surface area contributed by atoms with Crippen LogP contribution in [0.25, 0.3) is 22.3 Å². The summed E-state index contributed by atoms with van der Waals surface area (Å²) in [6, 6.07) is 13.3. The number of carbonyl (C=O) groups excluding carboxylic acids is 1. The van der Waals surface area contributed by atoms with E-state index in [2.05, 4.69) is 9.84 Å². The number of nitrogens with zero attached hydrogens (tertiary/aromatic N) is 4. The van der Waals surface area contributed by atoms with Gasteiger partial charge in [0.25, 0.3) is 5.56 Å². The summed E-state index contributed by atoms with van der Waals surface area (Å²) < 4.78 is 16.8. The van der Waals surface area contributed by atoms with Crippen molar-refractivity contribution in [3.63, 3.8) is 0 Å². The molecule has 0 bridgehead atoms. The van der Waals surface area contributed by atoms with Crippen molar-refractivity contribution >= 4 is 40.4 Å². The molecular formula is C30H29ClN4O7. The molecule has 0 saturated heterocycles. The maximum atomic E-state index is 13.7. The Kier molecular flexibility index (Phi) is 8.91. The second-order valence-electron chi connectivity index (χ2n) is 9.77. The summed E-state index contributed by atoms with van der Waals surface area (Å²) in [4.78, 5) is 41.5. The van der Waals surface area contributed by atoms with Crippen LogP contribution in [-0.4, -0.2) is 47.1 Å². The molecule has 11 nitrogen and oxygen atoms in total. The number of nitro benzene ring substituents is 1. The number of rotatable bonds is 9. The topological polar surface area (TPSA) is 135 Å². The first kappa shape index (κ1) is 30.2. The van der Waals surface area contributed by atoms with Crippen molar-refractivity contribution in [3.05, 3.63) is 90.7 Å². The third-order valence-corrected chi connectivity index (χ3v) is 6.87. The van der Waals surface area contributed by atoms with Crippen molar-refractivity contribution in [3.8, 4) is 22.9 Å². The Labute approximate surface area is 246 Å². The number of nitro groups is 1. The van der Waals surface area contributed by atoms with Gasteiger partial charge < -0.3 is 14.2 Å². The molecule has 12 heteroatoms. The fourth-order valence-electron chi connectivity index (χ4n) is 4.41. The molecule has 42 heavy (non-hydrogen) atoms. The zero-order valence-corrected chi connectivity index (χ0v) is 24.6. The van der Waals surface area contributed by atoms with Gasteiger partial charge in [0.15, 0.2) is 11.9 Å². The average molecular weight is 593 g/mol. The number of benzene rings is 3. The van der Waals surface area contributed by atoms with Gasteiger partial charge in [-0.15, -0.1) is 0 Å². The molecule has 0 aliphatic carbocycles. The number of aromatic nitrogens is 2. The van der Waals surface area contributed by atoms with Crippen molar-refractivity contribution in [2.75, 3.05) is 14.2 Å². The molecule has 4 aromatic rings. The Hall–Kier alpha value is -4.77. The van der Waals surface area contributed by atoms with Gasteiger partial charge in [-0.2, -0.15) is 9.78 Å². The SMILES string of the molecule is COC(=O)[C@H](C)Oc1c(Cl)cc(C=Nn2c(-c3cc(C(C)C)c(OC)cc3C)nc3ccccc3c2=O)cc1[N+](=O)[O-]. The molecule has 0 unspecified atom stereocenters. The van der Waals surface area contributed by atoms with Crippen LogP contribution in [-0.2, 0) is 9.53 Å². The first-order chi connectivity index (χ1) is 20.0. The predicted octanol–water partition coefficient (Wildman–Crippen LogP) is 5.89. The molecule has 4 rings (SSSR count). The highest BCUT2D eigenvalue weighted by atomic mass is 35.5. The molecule has 0 N–H and O–H groups in total. The van der Waals surface area contributed by atoms with Crippen LogP contribution in [0.4, 0.5) is 5.69 Å². The highest BCUT2D eigenvalue weighted by Gasteiger charge is 2.25. The number of halogens is 1. The number of para-hydroxylation sites is 1. The molecule has 218 valence electrons. The van der Waals surface area contributed by atoms with Crippen molar-refractivity contribution in [1.82, 2.24) is 9.66 Å². The molecule has 1 atom stereocenters. The molecule has 1 aromatic heterocycles. The van der Waals surface area contributed by atoms with E-state index in [0.29, 0.717) is 16.5 Å². The number of methoxy groups -OCH3 is 2. The minimum atomic E-state index is -1.14. The van der Waals surface area contributed by atoms with Crippen LogP contribution >= 0.6 is 11.6 Å². The van der Waals surface area contributed by atoms with E-state index in [-0.39, 0.29) is 28.1 Å². The highest BCUT2D eigenvalue weighted by Crippen LogP contribution is 2.37. The lowest BCUT2D eigenvalue weighted by atomic mass is 9.96. The minimum Gasteiger partial charge on any atom is -0.496 e. The van der Waals surface area contributed by atoms with E-state index in [1.807, 2.05) is 32.9 Å². The van der Waals surface area contributed by atoms with Gasteiger partial charge in [0.05, 0.1) is 41.3 Å². The fourth-order valence-corrected chi connectivity index (χ4v) is 4.68. The molecule has 0 saturated carbocycles. The Balaban J connectivity index is 1.90. The highest BCUT2D eigenvalue weighted by molar-refractivity contribution is 6.32. The van der Waals surface area contributed by atoms with Crippen molar-refractivity contribution in [2.24, 2.45) is 5.10 Å². The maximum absolute atomic E-state index is 13.7. The molecule has 0 aliphatic rings. The first-order valence-electron chi connectivity index (χ1n) is 12.9. The average Bonchev–Trinajstić information content (AvgIpc) is 2.96. The van der Waals surface area contributed by atoms with Crippen molar-refractivity contribution in [2.45, 2.75) is 39.7 Å². The van der Waals surface area contributed by atoms with E-state index in [1.54, 1.807) is 31.4 Å². The maximum Gasteiger partial charge on any atom is 0.346 e. The third-order valence-electron chi connectivity index (χ3n) is 6.59. The summed E-state index contributed by atoms with van der Waals surface area (Å²) in [6.07, 6.45) is 0.134. The summed E-state index contributed by atoms with van der Waals surface area (Å²) >= 11 is 6.35. The van der Waals surface area contributed by atoms with E-state index in [0.717, 1.165) is 21.6 Å². The summed E-state index contributed by atoms with van der Waals surface area (Å²) in [5.41, 5.74) is 2.19. The van der Waals surface area contributed by atoms with Crippen LogP contribution in [0.2, 0.25) is 5.02 Å². The zero-order valence-electron chi connectivity index (χ0n) is 23.9. The van der Waals surface area contributed by atoms with Crippen LogP contribution in [0.1, 0.15) is 43.4 Å². The molecule has 0 fully saturated rings. The van der Waals surface area contributed by atoms with E-state index < -0.39 is 28.2 Å². The number of fused-ring (bicyclic) bond motifs is 1. The molecular weight excluding hydrogens is 564 g/mol. The third kappa shape index (κ3) is 5.96. The molecule has 0 aliphatic heterocycles. The smallest absolute Gasteiger partial charge is 0.346 e. The van der Waals surface area contributed by atoms with Gasteiger partial charge in [-0.1, -0.05) is 37.6 Å². The standard InChI is InChI=1S/C30H29ClN4O7/c1-16(2)21-14-22(17(3)11-26(21)40-5)28-33-24-10-8-7-9-20(24)29(36)34(28)32-15-19-12-23(31)27(25(13-19)35(38)39)42-18(4)30(37)41-6/h7-16,18H,1-6H3/t18-/m0/s1. The van der Waals surface area contributed by atoms with Gasteiger partial charge in [-0.25, -0.2) is 9.78 Å².